The lowest BCUT2D eigenvalue weighted by atomic mass is 10.2. The maximum atomic E-state index is 13.2. The molecule has 1 amide bonds. The van der Waals surface area contributed by atoms with Crippen LogP contribution in [0.5, 0.6) is 0 Å². The molecule has 1 atom stereocenters. The van der Waals surface area contributed by atoms with Gasteiger partial charge in [0.25, 0.3) is 5.91 Å². The average molecular weight is 460 g/mol. The number of sulfonamides is 1. The van der Waals surface area contributed by atoms with E-state index in [0.29, 0.717) is 37.3 Å². The highest BCUT2D eigenvalue weighted by Gasteiger charge is 2.39. The zero-order chi connectivity index (χ0) is 22.0. The van der Waals surface area contributed by atoms with E-state index in [1.165, 1.54) is 15.6 Å². The number of carbonyl (C=O) groups is 1. The Bertz CT molecular complexity index is 1260. The minimum atomic E-state index is -3.76. The van der Waals surface area contributed by atoms with E-state index >= 15 is 0 Å². The molecule has 1 aromatic heterocycles. The number of hydrogen-bond acceptors (Lipinski definition) is 5. The van der Waals surface area contributed by atoms with Gasteiger partial charge in [-0.15, -0.1) is 0 Å². The molecule has 2 aromatic carbocycles. The van der Waals surface area contributed by atoms with E-state index in [-0.39, 0.29) is 4.90 Å². The lowest BCUT2D eigenvalue weighted by Crippen LogP contribution is -2.40. The van der Waals surface area contributed by atoms with Crippen molar-refractivity contribution in [2.45, 2.75) is 37.2 Å². The van der Waals surface area contributed by atoms with Gasteiger partial charge in [-0.25, -0.2) is 8.42 Å². The number of amides is 1. The third-order valence-corrected chi connectivity index (χ3v) is 8.41. The standard InChI is InChI=1S/C22H25N3O4S2/c1-16-9-11-17(12-10-16)31(27,28)25-13-5-7-19(25)21(26)23-22-24(14-15-29-2)18-6-3-4-8-20(18)30-22/h3-4,6,8-12,19H,5,7,13-15H2,1-2H3. The van der Waals surface area contributed by atoms with Crippen LogP contribution >= 0.6 is 11.3 Å². The highest BCUT2D eigenvalue weighted by atomic mass is 32.2. The van der Waals surface area contributed by atoms with Gasteiger partial charge in [0.05, 0.1) is 21.7 Å². The molecule has 9 heteroatoms. The van der Waals surface area contributed by atoms with E-state index in [9.17, 15) is 13.2 Å². The number of hydrogen-bond donors (Lipinski definition) is 0. The van der Waals surface area contributed by atoms with E-state index in [1.54, 1.807) is 31.4 Å². The van der Waals surface area contributed by atoms with Gasteiger partial charge in [-0.2, -0.15) is 9.30 Å². The Hall–Kier alpha value is -2.33. The first-order valence-corrected chi connectivity index (χ1v) is 12.4. The Kier molecular flexibility index (Phi) is 6.38. The maximum absolute atomic E-state index is 13.2. The first-order chi connectivity index (χ1) is 14.9. The molecule has 164 valence electrons. The van der Waals surface area contributed by atoms with Gasteiger partial charge in [0.2, 0.25) is 10.0 Å². The van der Waals surface area contributed by atoms with E-state index < -0.39 is 22.0 Å². The number of benzene rings is 2. The van der Waals surface area contributed by atoms with Crippen molar-refractivity contribution in [1.29, 1.82) is 0 Å². The molecule has 0 aliphatic carbocycles. The van der Waals surface area contributed by atoms with Gasteiger partial charge in [0, 0.05) is 20.2 Å². The molecule has 1 aliphatic heterocycles. The van der Waals surface area contributed by atoms with E-state index in [1.807, 2.05) is 35.8 Å². The van der Waals surface area contributed by atoms with Gasteiger partial charge in [-0.3, -0.25) is 4.79 Å². The molecule has 0 saturated carbocycles. The maximum Gasteiger partial charge on any atom is 0.266 e. The van der Waals surface area contributed by atoms with Gasteiger partial charge in [-0.05, 0) is 44.0 Å². The number of ether oxygens (including phenoxy) is 1. The normalized spacial score (nSPS) is 18.1. The van der Waals surface area contributed by atoms with Gasteiger partial charge in [-0.1, -0.05) is 41.2 Å². The Morgan fingerprint density at radius 1 is 1.19 bits per heavy atom. The molecule has 4 rings (SSSR count). The summed E-state index contributed by atoms with van der Waals surface area (Å²) in [4.78, 5) is 18.3. The second-order valence-corrected chi connectivity index (χ2v) is 10.4. The number of carbonyl (C=O) groups excluding carboxylic acids is 1. The van der Waals surface area contributed by atoms with Gasteiger partial charge < -0.3 is 9.30 Å². The third-order valence-electron chi connectivity index (χ3n) is 5.43. The molecule has 1 fully saturated rings. The summed E-state index contributed by atoms with van der Waals surface area (Å²) in [6.07, 6.45) is 1.10. The fourth-order valence-electron chi connectivity index (χ4n) is 3.79. The second-order valence-electron chi connectivity index (χ2n) is 7.53. The molecule has 3 aromatic rings. The predicted molar refractivity (Wildman–Crippen MR) is 120 cm³/mol. The number of aromatic nitrogens is 1. The zero-order valence-electron chi connectivity index (χ0n) is 17.5. The quantitative estimate of drug-likeness (QED) is 0.568. The molecule has 31 heavy (non-hydrogen) atoms. The largest absolute Gasteiger partial charge is 0.383 e. The minimum Gasteiger partial charge on any atom is -0.383 e. The number of rotatable bonds is 6. The summed E-state index contributed by atoms with van der Waals surface area (Å²) in [6.45, 7) is 3.27. The monoisotopic (exact) mass is 459 g/mol. The third kappa shape index (κ3) is 4.36. The van der Waals surface area contributed by atoms with Crippen molar-refractivity contribution in [3.05, 3.63) is 58.9 Å². The minimum absolute atomic E-state index is 0.204. The number of para-hydroxylation sites is 1. The number of aryl methyl sites for hydroxylation is 1. The van der Waals surface area contributed by atoms with Crippen LogP contribution < -0.4 is 4.80 Å². The van der Waals surface area contributed by atoms with Crippen molar-refractivity contribution in [1.82, 2.24) is 8.87 Å². The highest BCUT2D eigenvalue weighted by Crippen LogP contribution is 2.27. The summed E-state index contributed by atoms with van der Waals surface area (Å²) in [5.41, 5.74) is 1.96. The summed E-state index contributed by atoms with van der Waals surface area (Å²) >= 11 is 1.42. The van der Waals surface area contributed by atoms with E-state index in [2.05, 4.69) is 4.99 Å². The fourth-order valence-corrected chi connectivity index (χ4v) is 6.51. The van der Waals surface area contributed by atoms with Crippen molar-refractivity contribution in [2.75, 3.05) is 20.3 Å². The molecule has 0 radical (unpaired) electrons. The summed E-state index contributed by atoms with van der Waals surface area (Å²) in [5.74, 6) is -0.425. The summed E-state index contributed by atoms with van der Waals surface area (Å²) in [7, 11) is -2.13. The van der Waals surface area contributed by atoms with Crippen LogP contribution in [0.2, 0.25) is 0 Å². The van der Waals surface area contributed by atoms with Crippen LogP contribution in [-0.4, -0.2) is 49.5 Å². The SMILES string of the molecule is COCCn1c(=NC(=O)C2CCCN2S(=O)(=O)c2ccc(C)cc2)sc2ccccc21. The molecular formula is C22H25N3O4S2. The Morgan fingerprint density at radius 3 is 2.68 bits per heavy atom. The molecule has 1 saturated heterocycles. The van der Waals surface area contributed by atoms with Crippen LogP contribution in [0.25, 0.3) is 10.2 Å². The molecule has 0 bridgehead atoms. The molecule has 0 spiro atoms. The molecule has 1 unspecified atom stereocenters. The smallest absolute Gasteiger partial charge is 0.266 e. The Morgan fingerprint density at radius 2 is 1.94 bits per heavy atom. The zero-order valence-corrected chi connectivity index (χ0v) is 19.2. The van der Waals surface area contributed by atoms with Crippen LogP contribution in [0.3, 0.4) is 0 Å². The van der Waals surface area contributed by atoms with Gasteiger partial charge >= 0.3 is 0 Å². The van der Waals surface area contributed by atoms with Crippen LogP contribution in [0.1, 0.15) is 18.4 Å². The molecule has 2 heterocycles. The molecular weight excluding hydrogens is 434 g/mol. The van der Waals surface area contributed by atoms with Crippen molar-refractivity contribution in [2.24, 2.45) is 4.99 Å². The number of methoxy groups -OCH3 is 1. The number of fused-ring (bicyclic) bond motifs is 1. The number of thiazole rings is 1. The average Bonchev–Trinajstić information content (AvgIpc) is 3.38. The van der Waals surface area contributed by atoms with Crippen LogP contribution in [0.4, 0.5) is 0 Å². The van der Waals surface area contributed by atoms with Crippen molar-refractivity contribution < 1.29 is 17.9 Å². The Balaban J connectivity index is 1.69. The highest BCUT2D eigenvalue weighted by molar-refractivity contribution is 7.89. The van der Waals surface area contributed by atoms with Gasteiger partial charge in [0.1, 0.15) is 6.04 Å². The fraction of sp³-hybridized carbons (Fsp3) is 0.364. The van der Waals surface area contributed by atoms with Crippen LogP contribution in [-0.2, 0) is 26.1 Å². The number of nitrogens with zero attached hydrogens (tertiary/aromatic N) is 3. The summed E-state index contributed by atoms with van der Waals surface area (Å²) < 4.78 is 35.8. The van der Waals surface area contributed by atoms with Crippen LogP contribution in [0.15, 0.2) is 58.4 Å². The van der Waals surface area contributed by atoms with E-state index in [0.717, 1.165) is 15.8 Å². The Labute approximate surface area is 185 Å². The topological polar surface area (TPSA) is 81.0 Å². The molecule has 0 N–H and O–H groups in total. The van der Waals surface area contributed by atoms with Crippen molar-refractivity contribution in [3.8, 4) is 0 Å². The summed E-state index contributed by atoms with van der Waals surface area (Å²) in [6, 6.07) is 13.8. The second kappa shape index (κ2) is 9.04. The molecule has 7 nitrogen and oxygen atoms in total. The van der Waals surface area contributed by atoms with Gasteiger partial charge in [0.15, 0.2) is 4.80 Å². The predicted octanol–water partition coefficient (Wildman–Crippen LogP) is 2.94. The van der Waals surface area contributed by atoms with Crippen molar-refractivity contribution in [3.63, 3.8) is 0 Å². The first-order valence-electron chi connectivity index (χ1n) is 10.2. The molecule has 1 aliphatic rings. The first kappa shape index (κ1) is 21.9. The van der Waals surface area contributed by atoms with E-state index in [4.69, 9.17) is 4.74 Å². The lowest BCUT2D eigenvalue weighted by molar-refractivity contribution is -0.121. The van der Waals surface area contributed by atoms with Crippen molar-refractivity contribution >= 4 is 37.5 Å². The lowest BCUT2D eigenvalue weighted by Gasteiger charge is -2.21. The summed E-state index contributed by atoms with van der Waals surface area (Å²) in [5, 5.41) is 0. The van der Waals surface area contributed by atoms with Crippen LogP contribution in [0, 0.1) is 6.92 Å².